The molecular weight excluding hydrogens is 330 g/mol. The Bertz CT molecular complexity index is 859. The topological polar surface area (TPSA) is 66.7 Å². The molecule has 6 nitrogen and oxygen atoms in total. The van der Waals surface area contributed by atoms with E-state index in [-0.39, 0.29) is 16.5 Å². The van der Waals surface area contributed by atoms with Gasteiger partial charge >= 0.3 is 0 Å². The molecule has 4 rings (SSSR count). The summed E-state index contributed by atoms with van der Waals surface area (Å²) in [5.74, 6) is -0.178. The quantitative estimate of drug-likeness (QED) is 0.623. The van der Waals surface area contributed by atoms with Crippen LogP contribution in [-0.2, 0) is 6.42 Å². The molecule has 0 unspecified atom stereocenters. The summed E-state index contributed by atoms with van der Waals surface area (Å²) in [5.41, 5.74) is 3.05. The second kappa shape index (κ2) is 6.78. The van der Waals surface area contributed by atoms with Crippen LogP contribution in [0.4, 0.5) is 17.1 Å². The van der Waals surface area contributed by atoms with Crippen LogP contribution in [0.25, 0.3) is 0 Å². The average Bonchev–Trinajstić information content (AvgIpc) is 3.11. The number of rotatable bonds is 3. The van der Waals surface area contributed by atoms with E-state index >= 15 is 0 Å². The first kappa shape index (κ1) is 16.6. The van der Waals surface area contributed by atoms with Crippen LogP contribution in [0.2, 0.25) is 0 Å². The SMILES string of the molecule is O=C(c1ccc(N2CCCCC2)c([N+](=O)[O-])c1)N1CCc2ccccc21. The van der Waals surface area contributed by atoms with E-state index in [1.807, 2.05) is 24.3 Å². The van der Waals surface area contributed by atoms with Gasteiger partial charge in [0.15, 0.2) is 0 Å². The smallest absolute Gasteiger partial charge is 0.293 e. The second-order valence-corrected chi connectivity index (χ2v) is 6.84. The maximum Gasteiger partial charge on any atom is 0.293 e. The Labute approximate surface area is 152 Å². The molecule has 2 aromatic carbocycles. The number of benzene rings is 2. The first-order valence-electron chi connectivity index (χ1n) is 9.08. The molecule has 1 saturated heterocycles. The van der Waals surface area contributed by atoms with Gasteiger partial charge in [-0.1, -0.05) is 18.2 Å². The molecule has 0 spiro atoms. The highest BCUT2D eigenvalue weighted by molar-refractivity contribution is 6.08. The zero-order valence-corrected chi connectivity index (χ0v) is 14.6. The third kappa shape index (κ3) is 2.92. The molecule has 6 heteroatoms. The fraction of sp³-hybridized carbons (Fsp3) is 0.350. The van der Waals surface area contributed by atoms with Gasteiger partial charge in [-0.25, -0.2) is 0 Å². The molecule has 0 saturated carbocycles. The van der Waals surface area contributed by atoms with Crippen LogP contribution in [0, 0.1) is 10.1 Å². The van der Waals surface area contributed by atoms with Crippen molar-refractivity contribution in [2.75, 3.05) is 29.4 Å². The maximum absolute atomic E-state index is 13.0. The van der Waals surface area contributed by atoms with Gasteiger partial charge in [0.1, 0.15) is 5.69 Å². The maximum atomic E-state index is 13.0. The van der Waals surface area contributed by atoms with Gasteiger partial charge < -0.3 is 9.80 Å². The van der Waals surface area contributed by atoms with Gasteiger partial charge in [0.25, 0.3) is 11.6 Å². The Morgan fingerprint density at radius 3 is 2.50 bits per heavy atom. The van der Waals surface area contributed by atoms with Crippen LogP contribution in [0.15, 0.2) is 42.5 Å². The summed E-state index contributed by atoms with van der Waals surface area (Å²) in [6.07, 6.45) is 4.07. The average molecular weight is 351 g/mol. The number of nitro groups is 1. The minimum absolute atomic E-state index is 0.0187. The van der Waals surface area contributed by atoms with E-state index in [0.29, 0.717) is 17.8 Å². The number of carbonyl (C=O) groups is 1. The van der Waals surface area contributed by atoms with Gasteiger partial charge in [-0.05, 0) is 49.4 Å². The minimum atomic E-state index is -0.376. The van der Waals surface area contributed by atoms with Crippen molar-refractivity contribution in [1.82, 2.24) is 0 Å². The molecule has 0 radical (unpaired) electrons. The molecule has 0 N–H and O–H groups in total. The zero-order chi connectivity index (χ0) is 18.1. The largest absolute Gasteiger partial charge is 0.366 e. The van der Waals surface area contributed by atoms with E-state index in [2.05, 4.69) is 4.90 Å². The molecule has 1 amide bonds. The molecular formula is C20H21N3O3. The van der Waals surface area contributed by atoms with Crippen LogP contribution in [0.3, 0.4) is 0 Å². The Morgan fingerprint density at radius 2 is 1.73 bits per heavy atom. The zero-order valence-electron chi connectivity index (χ0n) is 14.6. The molecule has 0 aliphatic carbocycles. The minimum Gasteiger partial charge on any atom is -0.366 e. The van der Waals surface area contributed by atoms with Gasteiger partial charge in [-0.2, -0.15) is 0 Å². The molecule has 2 aromatic rings. The van der Waals surface area contributed by atoms with Crippen LogP contribution in [0.5, 0.6) is 0 Å². The van der Waals surface area contributed by atoms with Crippen molar-refractivity contribution in [1.29, 1.82) is 0 Å². The highest BCUT2D eigenvalue weighted by Crippen LogP contribution is 2.33. The molecule has 2 aliphatic heterocycles. The van der Waals surface area contributed by atoms with Crippen molar-refractivity contribution in [3.05, 3.63) is 63.7 Å². The number of piperidine rings is 1. The number of amides is 1. The lowest BCUT2D eigenvalue weighted by Gasteiger charge is -2.28. The third-order valence-electron chi connectivity index (χ3n) is 5.25. The number of hydrogen-bond acceptors (Lipinski definition) is 4. The Balaban J connectivity index is 1.66. The predicted octanol–water partition coefficient (Wildman–Crippen LogP) is 3.79. The van der Waals surface area contributed by atoms with Gasteiger partial charge in [-0.3, -0.25) is 14.9 Å². The normalized spacial score (nSPS) is 16.5. The summed E-state index contributed by atoms with van der Waals surface area (Å²) in [4.78, 5) is 28.0. The number of anilines is 2. The van der Waals surface area contributed by atoms with Gasteiger partial charge in [0.05, 0.1) is 4.92 Å². The van der Waals surface area contributed by atoms with Gasteiger partial charge in [0, 0.05) is 37.0 Å². The van der Waals surface area contributed by atoms with Crippen LogP contribution in [-0.4, -0.2) is 30.5 Å². The standard InChI is InChI=1S/C20H21N3O3/c24-20(22-13-10-15-6-2-3-7-17(15)22)16-8-9-18(19(14-16)23(25)26)21-11-4-1-5-12-21/h2-3,6-9,14H,1,4-5,10-13H2. The van der Waals surface area contributed by atoms with E-state index in [0.717, 1.165) is 50.0 Å². The van der Waals surface area contributed by atoms with E-state index in [1.54, 1.807) is 17.0 Å². The molecule has 1 fully saturated rings. The fourth-order valence-electron chi connectivity index (χ4n) is 3.91. The molecule has 0 aromatic heterocycles. The lowest BCUT2D eigenvalue weighted by molar-refractivity contribution is -0.384. The molecule has 26 heavy (non-hydrogen) atoms. The van der Waals surface area contributed by atoms with Crippen molar-refractivity contribution >= 4 is 23.0 Å². The number of hydrogen-bond donors (Lipinski definition) is 0. The van der Waals surface area contributed by atoms with Gasteiger partial charge in [-0.15, -0.1) is 0 Å². The first-order chi connectivity index (χ1) is 12.6. The van der Waals surface area contributed by atoms with E-state index < -0.39 is 0 Å². The van der Waals surface area contributed by atoms with Crippen LogP contribution >= 0.6 is 0 Å². The number of nitro benzene ring substituents is 1. The predicted molar refractivity (Wildman–Crippen MR) is 101 cm³/mol. The van der Waals surface area contributed by atoms with Crippen molar-refractivity contribution in [3.63, 3.8) is 0 Å². The summed E-state index contributed by atoms with van der Waals surface area (Å²) >= 11 is 0. The number of carbonyl (C=O) groups excluding carboxylic acids is 1. The Hall–Kier alpha value is -2.89. The van der Waals surface area contributed by atoms with Crippen molar-refractivity contribution in [3.8, 4) is 0 Å². The van der Waals surface area contributed by atoms with Crippen LogP contribution < -0.4 is 9.80 Å². The van der Waals surface area contributed by atoms with E-state index in [1.165, 1.54) is 6.07 Å². The van der Waals surface area contributed by atoms with Crippen molar-refractivity contribution < 1.29 is 9.72 Å². The summed E-state index contributed by atoms with van der Waals surface area (Å²) in [6, 6.07) is 12.7. The fourth-order valence-corrected chi connectivity index (χ4v) is 3.91. The highest BCUT2D eigenvalue weighted by atomic mass is 16.6. The molecule has 0 bridgehead atoms. The molecule has 2 aliphatic rings. The molecule has 134 valence electrons. The summed E-state index contributed by atoms with van der Waals surface area (Å²) < 4.78 is 0. The van der Waals surface area contributed by atoms with E-state index in [4.69, 9.17) is 0 Å². The lowest BCUT2D eigenvalue weighted by Crippen LogP contribution is -2.31. The summed E-state index contributed by atoms with van der Waals surface area (Å²) in [6.45, 7) is 2.27. The molecule has 0 atom stereocenters. The second-order valence-electron chi connectivity index (χ2n) is 6.84. The summed E-state index contributed by atoms with van der Waals surface area (Å²) in [7, 11) is 0. The Kier molecular flexibility index (Phi) is 4.32. The number of nitrogens with zero attached hydrogens (tertiary/aromatic N) is 3. The Morgan fingerprint density at radius 1 is 0.962 bits per heavy atom. The van der Waals surface area contributed by atoms with Crippen molar-refractivity contribution in [2.24, 2.45) is 0 Å². The van der Waals surface area contributed by atoms with Gasteiger partial charge in [0.2, 0.25) is 0 Å². The monoisotopic (exact) mass is 351 g/mol. The number of fused-ring (bicyclic) bond motifs is 1. The molecule has 2 heterocycles. The lowest BCUT2D eigenvalue weighted by atomic mass is 10.1. The third-order valence-corrected chi connectivity index (χ3v) is 5.25. The summed E-state index contributed by atoms with van der Waals surface area (Å²) in [5, 5.41) is 11.6. The first-order valence-corrected chi connectivity index (χ1v) is 9.08. The highest BCUT2D eigenvalue weighted by Gasteiger charge is 2.28. The van der Waals surface area contributed by atoms with E-state index in [9.17, 15) is 14.9 Å². The van der Waals surface area contributed by atoms with Crippen molar-refractivity contribution in [2.45, 2.75) is 25.7 Å². The number of para-hydroxylation sites is 1. The van der Waals surface area contributed by atoms with Crippen LogP contribution in [0.1, 0.15) is 35.2 Å².